The van der Waals surface area contributed by atoms with Crippen LogP contribution in [0.1, 0.15) is 5.56 Å². The van der Waals surface area contributed by atoms with Crippen LogP contribution in [-0.2, 0) is 6.54 Å². The number of thiophene rings is 1. The summed E-state index contributed by atoms with van der Waals surface area (Å²) < 4.78 is 1.89. The van der Waals surface area contributed by atoms with Gasteiger partial charge in [0.15, 0.2) is 0 Å². The van der Waals surface area contributed by atoms with Crippen LogP contribution in [0.5, 0.6) is 0 Å². The van der Waals surface area contributed by atoms with Crippen molar-refractivity contribution in [1.82, 2.24) is 9.78 Å². The predicted molar refractivity (Wildman–Crippen MR) is 75.5 cm³/mol. The van der Waals surface area contributed by atoms with Crippen molar-refractivity contribution in [3.05, 3.63) is 59.6 Å². The molecule has 2 aromatic heterocycles. The number of nitrogens with two attached hydrogens (primary N) is 1. The van der Waals surface area contributed by atoms with Crippen LogP contribution in [0.4, 0.5) is 5.69 Å². The number of benzene rings is 1. The summed E-state index contributed by atoms with van der Waals surface area (Å²) >= 11 is 1.65. The second-order valence-corrected chi connectivity index (χ2v) is 5.04. The SMILES string of the molecule is Nc1cn(Cc2ccccc2)nc1-c1cccs1. The molecule has 0 aliphatic carbocycles. The van der Waals surface area contributed by atoms with E-state index >= 15 is 0 Å². The Labute approximate surface area is 109 Å². The van der Waals surface area contributed by atoms with Crippen molar-refractivity contribution in [2.75, 3.05) is 5.73 Å². The van der Waals surface area contributed by atoms with Crippen molar-refractivity contribution in [1.29, 1.82) is 0 Å². The lowest BCUT2D eigenvalue weighted by Gasteiger charge is -2.00. The minimum atomic E-state index is 0.730. The van der Waals surface area contributed by atoms with Gasteiger partial charge in [-0.2, -0.15) is 5.10 Å². The highest BCUT2D eigenvalue weighted by atomic mass is 32.1. The molecule has 90 valence electrons. The quantitative estimate of drug-likeness (QED) is 0.780. The van der Waals surface area contributed by atoms with Gasteiger partial charge < -0.3 is 5.73 Å². The van der Waals surface area contributed by atoms with E-state index in [0.29, 0.717) is 0 Å². The van der Waals surface area contributed by atoms with Crippen molar-refractivity contribution in [2.24, 2.45) is 0 Å². The van der Waals surface area contributed by atoms with E-state index in [1.54, 1.807) is 11.3 Å². The highest BCUT2D eigenvalue weighted by molar-refractivity contribution is 7.13. The van der Waals surface area contributed by atoms with Crippen molar-refractivity contribution >= 4 is 17.0 Å². The Bertz CT molecular complexity index is 626. The van der Waals surface area contributed by atoms with E-state index in [9.17, 15) is 0 Å². The number of nitrogens with zero attached hydrogens (tertiary/aromatic N) is 2. The maximum absolute atomic E-state index is 6.01. The van der Waals surface area contributed by atoms with Gasteiger partial charge in [-0.3, -0.25) is 4.68 Å². The molecule has 0 atom stereocenters. The van der Waals surface area contributed by atoms with Crippen molar-refractivity contribution < 1.29 is 0 Å². The lowest BCUT2D eigenvalue weighted by molar-refractivity contribution is 0.690. The van der Waals surface area contributed by atoms with Gasteiger partial charge in [0, 0.05) is 6.20 Å². The first kappa shape index (κ1) is 11.0. The normalized spacial score (nSPS) is 10.7. The fourth-order valence-electron chi connectivity index (χ4n) is 1.89. The molecule has 0 radical (unpaired) electrons. The maximum atomic E-state index is 6.01. The molecule has 0 bridgehead atoms. The third-order valence-corrected chi connectivity index (χ3v) is 3.61. The Morgan fingerprint density at radius 3 is 2.67 bits per heavy atom. The molecule has 0 unspecified atom stereocenters. The van der Waals surface area contributed by atoms with Crippen LogP contribution in [0.25, 0.3) is 10.6 Å². The number of anilines is 1. The minimum absolute atomic E-state index is 0.730. The molecule has 2 heterocycles. The predicted octanol–water partition coefficient (Wildman–Crippen LogP) is 3.24. The Morgan fingerprint density at radius 2 is 1.94 bits per heavy atom. The highest BCUT2D eigenvalue weighted by Crippen LogP contribution is 2.28. The van der Waals surface area contributed by atoms with E-state index in [4.69, 9.17) is 5.73 Å². The van der Waals surface area contributed by atoms with Crippen molar-refractivity contribution in [3.63, 3.8) is 0 Å². The molecule has 0 aliphatic rings. The molecular weight excluding hydrogens is 242 g/mol. The average molecular weight is 255 g/mol. The zero-order valence-electron chi connectivity index (χ0n) is 9.78. The van der Waals surface area contributed by atoms with Crippen LogP contribution >= 0.6 is 11.3 Å². The van der Waals surface area contributed by atoms with E-state index in [-0.39, 0.29) is 0 Å². The summed E-state index contributed by atoms with van der Waals surface area (Å²) in [5.74, 6) is 0. The molecule has 1 aromatic carbocycles. The van der Waals surface area contributed by atoms with Gasteiger partial charge in [0.1, 0.15) is 5.69 Å². The molecule has 18 heavy (non-hydrogen) atoms. The minimum Gasteiger partial charge on any atom is -0.396 e. The summed E-state index contributed by atoms with van der Waals surface area (Å²) in [6.45, 7) is 0.746. The van der Waals surface area contributed by atoms with Gasteiger partial charge in [-0.25, -0.2) is 0 Å². The Kier molecular flexibility index (Phi) is 2.86. The maximum Gasteiger partial charge on any atom is 0.125 e. The topological polar surface area (TPSA) is 43.8 Å². The average Bonchev–Trinajstić information content (AvgIpc) is 3.00. The lowest BCUT2D eigenvalue weighted by Crippen LogP contribution is -1.99. The molecule has 0 fully saturated rings. The summed E-state index contributed by atoms with van der Waals surface area (Å²) in [5.41, 5.74) is 8.84. The van der Waals surface area contributed by atoms with E-state index < -0.39 is 0 Å². The van der Waals surface area contributed by atoms with E-state index in [1.807, 2.05) is 46.6 Å². The lowest BCUT2D eigenvalue weighted by atomic mass is 10.2. The van der Waals surface area contributed by atoms with Gasteiger partial charge in [-0.05, 0) is 17.0 Å². The second kappa shape index (κ2) is 4.66. The number of hydrogen-bond acceptors (Lipinski definition) is 3. The fraction of sp³-hybridized carbons (Fsp3) is 0.0714. The first-order valence-corrected chi connectivity index (χ1v) is 6.61. The molecule has 0 amide bonds. The number of aromatic nitrogens is 2. The second-order valence-electron chi connectivity index (χ2n) is 4.09. The van der Waals surface area contributed by atoms with Crippen LogP contribution < -0.4 is 5.73 Å². The van der Waals surface area contributed by atoms with Gasteiger partial charge in [0.05, 0.1) is 17.1 Å². The standard InChI is InChI=1S/C14H13N3S/c15-12-10-17(9-11-5-2-1-3-6-11)16-14(12)13-7-4-8-18-13/h1-8,10H,9,15H2. The van der Waals surface area contributed by atoms with Crippen molar-refractivity contribution in [2.45, 2.75) is 6.54 Å². The van der Waals surface area contributed by atoms with Crippen LogP contribution in [0.15, 0.2) is 54.0 Å². The van der Waals surface area contributed by atoms with Gasteiger partial charge in [-0.1, -0.05) is 36.4 Å². The molecule has 0 aliphatic heterocycles. The van der Waals surface area contributed by atoms with Crippen LogP contribution in [-0.4, -0.2) is 9.78 Å². The van der Waals surface area contributed by atoms with Gasteiger partial charge in [0.25, 0.3) is 0 Å². The van der Waals surface area contributed by atoms with Crippen LogP contribution in [0, 0.1) is 0 Å². The van der Waals surface area contributed by atoms with E-state index in [1.165, 1.54) is 5.56 Å². The Hall–Kier alpha value is -2.07. The number of rotatable bonds is 3. The van der Waals surface area contributed by atoms with Crippen LogP contribution in [0.2, 0.25) is 0 Å². The zero-order chi connectivity index (χ0) is 12.4. The third-order valence-electron chi connectivity index (χ3n) is 2.73. The summed E-state index contributed by atoms with van der Waals surface area (Å²) in [7, 11) is 0. The summed E-state index contributed by atoms with van der Waals surface area (Å²) in [6.07, 6.45) is 1.89. The molecule has 3 rings (SSSR count). The molecule has 0 saturated carbocycles. The molecule has 3 nitrogen and oxygen atoms in total. The Morgan fingerprint density at radius 1 is 1.11 bits per heavy atom. The van der Waals surface area contributed by atoms with Crippen LogP contribution in [0.3, 0.4) is 0 Å². The summed E-state index contributed by atoms with van der Waals surface area (Å²) in [4.78, 5) is 1.11. The number of hydrogen-bond donors (Lipinski definition) is 1. The molecule has 3 aromatic rings. The summed E-state index contributed by atoms with van der Waals surface area (Å²) in [6, 6.07) is 14.3. The van der Waals surface area contributed by atoms with E-state index in [0.717, 1.165) is 22.8 Å². The van der Waals surface area contributed by atoms with Crippen molar-refractivity contribution in [3.8, 4) is 10.6 Å². The first-order valence-electron chi connectivity index (χ1n) is 5.73. The molecule has 4 heteroatoms. The number of nitrogen functional groups attached to an aromatic ring is 1. The van der Waals surface area contributed by atoms with Gasteiger partial charge in [0.2, 0.25) is 0 Å². The summed E-state index contributed by atoms with van der Waals surface area (Å²) in [5, 5.41) is 6.58. The van der Waals surface area contributed by atoms with Gasteiger partial charge in [-0.15, -0.1) is 11.3 Å². The Balaban J connectivity index is 1.89. The zero-order valence-corrected chi connectivity index (χ0v) is 10.6. The monoisotopic (exact) mass is 255 g/mol. The smallest absolute Gasteiger partial charge is 0.125 e. The van der Waals surface area contributed by atoms with Gasteiger partial charge >= 0.3 is 0 Å². The van der Waals surface area contributed by atoms with E-state index in [2.05, 4.69) is 17.2 Å². The molecular formula is C14H13N3S. The highest BCUT2D eigenvalue weighted by Gasteiger charge is 2.09. The third kappa shape index (κ3) is 2.15. The first-order chi connectivity index (χ1) is 8.83. The molecule has 2 N–H and O–H groups in total. The largest absolute Gasteiger partial charge is 0.396 e. The fourth-order valence-corrected chi connectivity index (χ4v) is 2.62. The molecule has 0 saturated heterocycles. The molecule has 0 spiro atoms.